The standard InChI is InChI=1S/C18H20N2O2.C17H19N3O/c1-2-22-17(21)14-12-19-16(20-13-14)11-18(9-6-10-18)15-7-4-3-5-8-15;18-10-15(21)13-11-19-16(20-12-13)9-17(7-4-8-17)14-5-2-1-3-6-14/h3-5,7-8,12-13H,2,6,9-11H2,1H3;1-3,5-6,11-12H,4,7-10,18H2. The van der Waals surface area contributed by atoms with Crippen LogP contribution in [0.1, 0.15) is 88.9 Å². The molecule has 2 aromatic heterocycles. The van der Waals surface area contributed by atoms with Crippen molar-refractivity contribution in [1.29, 1.82) is 0 Å². The van der Waals surface area contributed by atoms with Crippen molar-refractivity contribution >= 4 is 11.8 Å². The molecule has 8 nitrogen and oxygen atoms in total. The molecule has 2 saturated carbocycles. The van der Waals surface area contributed by atoms with E-state index < -0.39 is 0 Å². The minimum Gasteiger partial charge on any atom is -0.462 e. The first-order valence-corrected chi connectivity index (χ1v) is 15.1. The van der Waals surface area contributed by atoms with Crippen LogP contribution < -0.4 is 5.73 Å². The van der Waals surface area contributed by atoms with E-state index in [0.717, 1.165) is 24.5 Å². The second-order valence-corrected chi connectivity index (χ2v) is 11.5. The first-order chi connectivity index (χ1) is 21.0. The van der Waals surface area contributed by atoms with E-state index in [4.69, 9.17) is 10.5 Å². The molecule has 0 amide bonds. The van der Waals surface area contributed by atoms with Gasteiger partial charge in [0.05, 0.1) is 24.3 Å². The van der Waals surface area contributed by atoms with Crippen LogP contribution in [0.4, 0.5) is 0 Å². The molecule has 0 bridgehead atoms. The van der Waals surface area contributed by atoms with Gasteiger partial charge in [-0.05, 0) is 43.7 Å². The van der Waals surface area contributed by atoms with Crippen molar-refractivity contribution < 1.29 is 14.3 Å². The minimum absolute atomic E-state index is 0.00331. The number of carbonyl (C=O) groups excluding carboxylic acids is 2. The van der Waals surface area contributed by atoms with E-state index in [0.29, 0.717) is 17.7 Å². The van der Waals surface area contributed by atoms with Crippen LogP contribution in [0.3, 0.4) is 0 Å². The molecule has 0 radical (unpaired) electrons. The highest BCUT2D eigenvalue weighted by Crippen LogP contribution is 2.46. The summed E-state index contributed by atoms with van der Waals surface area (Å²) in [6.07, 6.45) is 15.1. The fourth-order valence-corrected chi connectivity index (χ4v) is 6.00. The number of carbonyl (C=O) groups is 2. The third-order valence-electron chi connectivity index (χ3n) is 8.82. The number of nitrogens with zero attached hydrogens (tertiary/aromatic N) is 4. The molecular weight excluding hydrogens is 538 g/mol. The molecule has 2 aliphatic rings. The van der Waals surface area contributed by atoms with E-state index in [-0.39, 0.29) is 29.1 Å². The zero-order valence-electron chi connectivity index (χ0n) is 24.7. The number of ketones is 1. The number of aromatic nitrogens is 4. The van der Waals surface area contributed by atoms with Gasteiger partial charge in [0.1, 0.15) is 11.6 Å². The van der Waals surface area contributed by atoms with Crippen LogP contribution >= 0.6 is 0 Å². The topological polar surface area (TPSA) is 121 Å². The van der Waals surface area contributed by atoms with Crippen LogP contribution in [-0.2, 0) is 28.4 Å². The Morgan fingerprint density at radius 1 is 0.698 bits per heavy atom. The lowest BCUT2D eigenvalue weighted by Crippen LogP contribution is -2.37. The monoisotopic (exact) mass is 577 g/mol. The molecule has 4 aromatic rings. The molecule has 8 heteroatoms. The third-order valence-corrected chi connectivity index (χ3v) is 8.82. The van der Waals surface area contributed by atoms with Crippen molar-refractivity contribution in [2.75, 3.05) is 13.2 Å². The van der Waals surface area contributed by atoms with Gasteiger partial charge in [-0.1, -0.05) is 73.5 Å². The zero-order chi connectivity index (χ0) is 30.1. The number of nitrogens with two attached hydrogens (primary N) is 1. The summed E-state index contributed by atoms with van der Waals surface area (Å²) in [5.74, 6) is 1.10. The minimum atomic E-state index is -0.365. The first-order valence-electron chi connectivity index (χ1n) is 15.1. The number of hydrogen-bond donors (Lipinski definition) is 1. The molecule has 222 valence electrons. The Balaban J connectivity index is 0.000000171. The van der Waals surface area contributed by atoms with E-state index in [1.54, 1.807) is 31.7 Å². The smallest absolute Gasteiger partial charge is 0.341 e. The van der Waals surface area contributed by atoms with Crippen LogP contribution in [-0.4, -0.2) is 44.8 Å². The average Bonchev–Trinajstić information content (AvgIpc) is 3.02. The highest BCUT2D eigenvalue weighted by molar-refractivity contribution is 5.96. The molecule has 2 aliphatic carbocycles. The van der Waals surface area contributed by atoms with Crippen molar-refractivity contribution in [3.05, 3.63) is 119 Å². The Labute approximate surface area is 253 Å². The van der Waals surface area contributed by atoms with Crippen LogP contribution in [0.15, 0.2) is 85.5 Å². The van der Waals surface area contributed by atoms with E-state index in [1.165, 1.54) is 49.7 Å². The van der Waals surface area contributed by atoms with Crippen LogP contribution in [0.5, 0.6) is 0 Å². The lowest BCUT2D eigenvalue weighted by atomic mass is 9.62. The molecule has 2 fully saturated rings. The summed E-state index contributed by atoms with van der Waals surface area (Å²) in [6, 6.07) is 21.2. The van der Waals surface area contributed by atoms with Gasteiger partial charge in [0.15, 0.2) is 5.78 Å². The number of esters is 1. The number of Topliss-reactive ketones (excluding diaryl/α,β-unsaturated/α-hetero) is 1. The molecule has 2 heterocycles. The number of ether oxygens (including phenoxy) is 1. The number of rotatable bonds is 10. The van der Waals surface area contributed by atoms with Gasteiger partial charge in [0.25, 0.3) is 0 Å². The Bertz CT molecular complexity index is 1480. The maximum atomic E-state index is 11.6. The Morgan fingerprint density at radius 2 is 1.12 bits per heavy atom. The molecule has 2 aromatic carbocycles. The second-order valence-electron chi connectivity index (χ2n) is 11.5. The summed E-state index contributed by atoms with van der Waals surface area (Å²) in [4.78, 5) is 40.6. The zero-order valence-corrected chi connectivity index (χ0v) is 24.7. The van der Waals surface area contributed by atoms with E-state index in [2.05, 4.69) is 68.5 Å². The number of benzene rings is 2. The van der Waals surface area contributed by atoms with Gasteiger partial charge in [-0.25, -0.2) is 24.7 Å². The van der Waals surface area contributed by atoms with Gasteiger partial charge in [-0.3, -0.25) is 4.79 Å². The Hall–Kier alpha value is -4.30. The van der Waals surface area contributed by atoms with Crippen molar-refractivity contribution in [2.24, 2.45) is 5.73 Å². The van der Waals surface area contributed by atoms with Crippen molar-refractivity contribution in [2.45, 2.75) is 69.1 Å². The lowest BCUT2D eigenvalue weighted by Gasteiger charge is -2.42. The quantitative estimate of drug-likeness (QED) is 0.191. The Kier molecular flexibility index (Phi) is 9.67. The van der Waals surface area contributed by atoms with E-state index in [1.807, 2.05) is 12.1 Å². The van der Waals surface area contributed by atoms with Gasteiger partial charge in [0, 0.05) is 48.5 Å². The maximum absolute atomic E-state index is 11.6. The van der Waals surface area contributed by atoms with Crippen LogP contribution in [0, 0.1) is 0 Å². The second kappa shape index (κ2) is 13.8. The molecule has 0 atom stereocenters. The average molecular weight is 578 g/mol. The summed E-state index contributed by atoms with van der Waals surface area (Å²) in [7, 11) is 0. The molecule has 43 heavy (non-hydrogen) atoms. The molecule has 0 spiro atoms. The largest absolute Gasteiger partial charge is 0.462 e. The van der Waals surface area contributed by atoms with Crippen molar-refractivity contribution in [3.63, 3.8) is 0 Å². The summed E-state index contributed by atoms with van der Waals surface area (Å²) < 4.78 is 4.95. The van der Waals surface area contributed by atoms with Gasteiger partial charge >= 0.3 is 5.97 Å². The Morgan fingerprint density at radius 3 is 1.47 bits per heavy atom. The predicted molar refractivity (Wildman–Crippen MR) is 165 cm³/mol. The molecule has 0 aliphatic heterocycles. The first kappa shape index (κ1) is 30.2. The maximum Gasteiger partial charge on any atom is 0.341 e. The molecule has 0 unspecified atom stereocenters. The van der Waals surface area contributed by atoms with Crippen molar-refractivity contribution in [3.8, 4) is 0 Å². The van der Waals surface area contributed by atoms with Crippen LogP contribution in [0.2, 0.25) is 0 Å². The number of hydrogen-bond acceptors (Lipinski definition) is 8. The fraction of sp³-hybridized carbons (Fsp3) is 0.371. The third kappa shape index (κ3) is 7.03. The lowest BCUT2D eigenvalue weighted by molar-refractivity contribution is 0.0525. The van der Waals surface area contributed by atoms with E-state index >= 15 is 0 Å². The van der Waals surface area contributed by atoms with Gasteiger partial charge in [-0.2, -0.15) is 0 Å². The van der Waals surface area contributed by atoms with Gasteiger partial charge < -0.3 is 10.5 Å². The molecule has 0 saturated heterocycles. The summed E-state index contributed by atoms with van der Waals surface area (Å²) >= 11 is 0. The van der Waals surface area contributed by atoms with Crippen molar-refractivity contribution in [1.82, 2.24) is 19.9 Å². The highest BCUT2D eigenvalue weighted by atomic mass is 16.5. The predicted octanol–water partition coefficient (Wildman–Crippen LogP) is 5.60. The summed E-state index contributed by atoms with van der Waals surface area (Å²) in [5, 5.41) is 0. The van der Waals surface area contributed by atoms with Crippen LogP contribution in [0.25, 0.3) is 0 Å². The molecule has 2 N–H and O–H groups in total. The summed E-state index contributed by atoms with van der Waals surface area (Å²) in [6.45, 7) is 2.14. The van der Waals surface area contributed by atoms with E-state index in [9.17, 15) is 9.59 Å². The molecule has 6 rings (SSSR count). The summed E-state index contributed by atoms with van der Waals surface area (Å²) in [5.41, 5.74) is 9.30. The molecular formula is C35H39N5O3. The highest BCUT2D eigenvalue weighted by Gasteiger charge is 2.40. The normalized spacial score (nSPS) is 16.0. The SMILES string of the molecule is CCOC(=O)c1cnc(CC2(c3ccccc3)CCC2)nc1.NCC(=O)c1cnc(CC2(c3ccccc3)CCC2)nc1. The van der Waals surface area contributed by atoms with Gasteiger partial charge in [0.2, 0.25) is 0 Å². The van der Waals surface area contributed by atoms with Gasteiger partial charge in [-0.15, -0.1) is 0 Å². The fourth-order valence-electron chi connectivity index (χ4n) is 6.00.